The maximum absolute atomic E-state index is 10.6. The van der Waals surface area contributed by atoms with Crippen molar-refractivity contribution in [3.63, 3.8) is 0 Å². The molecule has 5 nitrogen and oxygen atoms in total. The number of carboxylic acid groups (broad SMARTS) is 1. The largest absolute Gasteiger partial charge is 0.477 e. The number of H-pyrrole nitrogens is 1. The zero-order valence-corrected chi connectivity index (χ0v) is 6.98. The van der Waals surface area contributed by atoms with Crippen LogP contribution in [-0.2, 0) is 0 Å². The Balaban J connectivity index is 2.78. The second kappa shape index (κ2) is 2.85. The van der Waals surface area contributed by atoms with Crippen molar-refractivity contribution in [2.45, 2.75) is 0 Å². The Hall–Kier alpha value is -2.35. The van der Waals surface area contributed by atoms with Crippen LogP contribution in [-0.4, -0.2) is 21.0 Å². The average molecular weight is 187 g/mol. The summed E-state index contributed by atoms with van der Waals surface area (Å²) in [6, 6.07) is 3.38. The highest BCUT2D eigenvalue weighted by Gasteiger charge is 2.09. The van der Waals surface area contributed by atoms with Gasteiger partial charge in [0.05, 0.1) is 17.3 Å². The number of hydrogen-bond donors (Lipinski definition) is 2. The van der Waals surface area contributed by atoms with Gasteiger partial charge in [-0.15, -0.1) is 0 Å². The third kappa shape index (κ3) is 1.10. The molecule has 0 saturated heterocycles. The summed E-state index contributed by atoms with van der Waals surface area (Å²) in [4.78, 5) is 17.1. The van der Waals surface area contributed by atoms with Crippen LogP contribution >= 0.6 is 0 Å². The Kier molecular flexibility index (Phi) is 1.68. The maximum Gasteiger partial charge on any atom is 0.352 e. The molecule has 0 aromatic carbocycles. The van der Waals surface area contributed by atoms with Gasteiger partial charge < -0.3 is 10.1 Å². The lowest BCUT2D eigenvalue weighted by Gasteiger charge is -1.89. The molecule has 0 aliphatic rings. The summed E-state index contributed by atoms with van der Waals surface area (Å²) >= 11 is 0. The summed E-state index contributed by atoms with van der Waals surface area (Å²) in [6.45, 7) is 0. The van der Waals surface area contributed by atoms with E-state index in [1.54, 1.807) is 0 Å². The highest BCUT2D eigenvalue weighted by Crippen LogP contribution is 2.17. The van der Waals surface area contributed by atoms with Crippen LogP contribution in [0.25, 0.3) is 10.9 Å². The van der Waals surface area contributed by atoms with Gasteiger partial charge in [-0.3, -0.25) is 4.98 Å². The third-order valence-electron chi connectivity index (χ3n) is 1.90. The van der Waals surface area contributed by atoms with Crippen LogP contribution in [0.1, 0.15) is 16.1 Å². The lowest BCUT2D eigenvalue weighted by atomic mass is 10.2. The summed E-state index contributed by atoms with van der Waals surface area (Å²) in [5, 5.41) is 18.0. The van der Waals surface area contributed by atoms with Crippen molar-refractivity contribution in [1.29, 1.82) is 5.26 Å². The molecule has 2 heterocycles. The first kappa shape index (κ1) is 8.26. The molecule has 2 aromatic rings. The van der Waals surface area contributed by atoms with Gasteiger partial charge in [0.2, 0.25) is 0 Å². The van der Waals surface area contributed by atoms with Crippen molar-refractivity contribution in [2.24, 2.45) is 0 Å². The van der Waals surface area contributed by atoms with Crippen molar-refractivity contribution in [3.05, 3.63) is 29.7 Å². The minimum atomic E-state index is -1.05. The number of aromatic nitrogens is 2. The summed E-state index contributed by atoms with van der Waals surface area (Å²) in [6.07, 6.45) is 2.89. The molecule has 68 valence electrons. The molecular weight excluding hydrogens is 182 g/mol. The first-order chi connectivity index (χ1) is 6.72. The average Bonchev–Trinajstić information content (AvgIpc) is 2.60. The Bertz CT molecular complexity index is 551. The number of hydrogen-bond acceptors (Lipinski definition) is 3. The Morgan fingerprint density at radius 3 is 3.00 bits per heavy atom. The van der Waals surface area contributed by atoms with Crippen LogP contribution in [0.15, 0.2) is 18.5 Å². The standard InChI is InChI=1S/C9H5N3O2/c10-2-5-3-11-4-8-6(5)1-7(12-8)9(13)14/h1,3-4,12H,(H,13,14). The molecule has 0 aliphatic carbocycles. The summed E-state index contributed by atoms with van der Waals surface area (Å²) < 4.78 is 0. The van der Waals surface area contributed by atoms with E-state index >= 15 is 0 Å². The molecule has 0 spiro atoms. The van der Waals surface area contributed by atoms with Crippen LogP contribution in [0.2, 0.25) is 0 Å². The molecule has 14 heavy (non-hydrogen) atoms. The quantitative estimate of drug-likeness (QED) is 0.700. The molecule has 0 aliphatic heterocycles. The van der Waals surface area contributed by atoms with Gasteiger partial charge in [-0.1, -0.05) is 0 Å². The van der Waals surface area contributed by atoms with Crippen molar-refractivity contribution >= 4 is 16.9 Å². The lowest BCUT2D eigenvalue weighted by Crippen LogP contribution is -1.94. The van der Waals surface area contributed by atoms with Crippen LogP contribution in [0.5, 0.6) is 0 Å². The minimum Gasteiger partial charge on any atom is -0.477 e. The van der Waals surface area contributed by atoms with Gasteiger partial charge in [0.15, 0.2) is 0 Å². The van der Waals surface area contributed by atoms with E-state index in [0.29, 0.717) is 16.5 Å². The summed E-state index contributed by atoms with van der Waals surface area (Å²) in [7, 11) is 0. The number of carboxylic acids is 1. The highest BCUT2D eigenvalue weighted by molar-refractivity contribution is 5.95. The van der Waals surface area contributed by atoms with E-state index in [1.807, 2.05) is 6.07 Å². The topological polar surface area (TPSA) is 89.8 Å². The predicted octanol–water partition coefficient (Wildman–Crippen LogP) is 1.13. The van der Waals surface area contributed by atoms with E-state index in [0.717, 1.165) is 0 Å². The molecule has 0 unspecified atom stereocenters. The van der Waals surface area contributed by atoms with Crippen LogP contribution in [0.4, 0.5) is 0 Å². The highest BCUT2D eigenvalue weighted by atomic mass is 16.4. The second-order valence-corrected chi connectivity index (χ2v) is 2.75. The van der Waals surface area contributed by atoms with E-state index in [1.165, 1.54) is 18.5 Å². The molecule has 0 fully saturated rings. The molecule has 0 bridgehead atoms. The number of rotatable bonds is 1. The van der Waals surface area contributed by atoms with Gasteiger partial charge in [-0.2, -0.15) is 5.26 Å². The predicted molar refractivity (Wildman–Crippen MR) is 47.8 cm³/mol. The molecule has 0 amide bonds. The van der Waals surface area contributed by atoms with Crippen molar-refractivity contribution < 1.29 is 9.90 Å². The number of fused-ring (bicyclic) bond motifs is 1. The number of nitrogens with zero attached hydrogens (tertiary/aromatic N) is 2. The van der Waals surface area contributed by atoms with Gasteiger partial charge in [0.1, 0.15) is 11.8 Å². The number of carbonyl (C=O) groups is 1. The summed E-state index contributed by atoms with van der Waals surface area (Å²) in [5.74, 6) is -1.05. The Labute approximate surface area is 78.6 Å². The lowest BCUT2D eigenvalue weighted by molar-refractivity contribution is 0.0691. The smallest absolute Gasteiger partial charge is 0.352 e. The molecule has 0 saturated carbocycles. The minimum absolute atomic E-state index is 0.0597. The van der Waals surface area contributed by atoms with Gasteiger partial charge in [-0.25, -0.2) is 4.79 Å². The zero-order valence-electron chi connectivity index (χ0n) is 6.98. The van der Waals surface area contributed by atoms with Crippen LogP contribution in [0, 0.1) is 11.3 Å². The van der Waals surface area contributed by atoms with E-state index in [-0.39, 0.29) is 5.69 Å². The van der Waals surface area contributed by atoms with Crippen molar-refractivity contribution in [1.82, 2.24) is 9.97 Å². The Morgan fingerprint density at radius 1 is 1.57 bits per heavy atom. The molecule has 2 aromatic heterocycles. The van der Waals surface area contributed by atoms with Gasteiger partial charge >= 0.3 is 5.97 Å². The normalized spacial score (nSPS) is 9.93. The fourth-order valence-electron chi connectivity index (χ4n) is 1.26. The first-order valence-electron chi connectivity index (χ1n) is 3.82. The number of aromatic carboxylic acids is 1. The number of nitriles is 1. The number of pyridine rings is 1. The van der Waals surface area contributed by atoms with E-state index in [4.69, 9.17) is 10.4 Å². The monoisotopic (exact) mass is 187 g/mol. The van der Waals surface area contributed by atoms with Gasteiger partial charge in [0.25, 0.3) is 0 Å². The van der Waals surface area contributed by atoms with E-state index < -0.39 is 5.97 Å². The molecule has 0 atom stereocenters. The van der Waals surface area contributed by atoms with Crippen molar-refractivity contribution in [3.8, 4) is 6.07 Å². The number of aromatic amines is 1. The van der Waals surface area contributed by atoms with E-state index in [2.05, 4.69) is 9.97 Å². The second-order valence-electron chi connectivity index (χ2n) is 2.75. The van der Waals surface area contributed by atoms with E-state index in [9.17, 15) is 4.79 Å². The fourth-order valence-corrected chi connectivity index (χ4v) is 1.26. The van der Waals surface area contributed by atoms with Crippen LogP contribution in [0.3, 0.4) is 0 Å². The molecular formula is C9H5N3O2. The van der Waals surface area contributed by atoms with Crippen LogP contribution < -0.4 is 0 Å². The Morgan fingerprint density at radius 2 is 2.36 bits per heavy atom. The number of nitrogens with one attached hydrogen (secondary N) is 1. The summed E-state index contributed by atoms with van der Waals surface area (Å²) in [5.41, 5.74) is 0.984. The maximum atomic E-state index is 10.6. The first-order valence-corrected chi connectivity index (χ1v) is 3.82. The van der Waals surface area contributed by atoms with Crippen molar-refractivity contribution in [2.75, 3.05) is 0 Å². The fraction of sp³-hybridized carbons (Fsp3) is 0. The zero-order chi connectivity index (χ0) is 10.1. The molecule has 5 heteroatoms. The van der Waals surface area contributed by atoms with Gasteiger partial charge in [0, 0.05) is 11.6 Å². The molecule has 2 N–H and O–H groups in total. The molecule has 2 rings (SSSR count). The molecule has 0 radical (unpaired) electrons. The third-order valence-corrected chi connectivity index (χ3v) is 1.90. The van der Waals surface area contributed by atoms with Gasteiger partial charge in [-0.05, 0) is 6.07 Å². The SMILES string of the molecule is N#Cc1cncc2[nH]c(C(=O)O)cc12.